The summed E-state index contributed by atoms with van der Waals surface area (Å²) >= 11 is 0. The van der Waals surface area contributed by atoms with Crippen LogP contribution in [0.15, 0.2) is 24.3 Å². The van der Waals surface area contributed by atoms with Crippen molar-refractivity contribution < 1.29 is 12.8 Å². The van der Waals surface area contributed by atoms with Gasteiger partial charge < -0.3 is 4.90 Å². The smallest absolute Gasteiger partial charge is 0.151 e. The Balaban J connectivity index is 1.55. The molecule has 1 unspecified atom stereocenters. The van der Waals surface area contributed by atoms with Crippen LogP contribution in [-0.2, 0) is 9.84 Å². The summed E-state index contributed by atoms with van der Waals surface area (Å²) in [6.45, 7) is 5.17. The summed E-state index contributed by atoms with van der Waals surface area (Å²) in [4.78, 5) is 8.90. The molecule has 134 valence electrons. The van der Waals surface area contributed by atoms with Gasteiger partial charge in [-0.3, -0.25) is 4.90 Å². The maximum absolute atomic E-state index is 14.1. The highest BCUT2D eigenvalue weighted by molar-refractivity contribution is 7.91. The number of rotatable bonds is 2. The van der Waals surface area contributed by atoms with E-state index < -0.39 is 9.84 Å². The highest BCUT2D eigenvalue weighted by Crippen LogP contribution is 2.30. The van der Waals surface area contributed by atoms with Gasteiger partial charge >= 0.3 is 0 Å². The van der Waals surface area contributed by atoms with Crippen molar-refractivity contribution in [2.75, 3.05) is 42.6 Å². The second-order valence-electron chi connectivity index (χ2n) is 7.00. The van der Waals surface area contributed by atoms with Crippen LogP contribution in [0, 0.1) is 12.7 Å². The summed E-state index contributed by atoms with van der Waals surface area (Å²) in [5.41, 5.74) is 2.24. The lowest BCUT2D eigenvalue weighted by molar-refractivity contribution is 0.200. The molecule has 5 nitrogen and oxygen atoms in total. The number of nitrogens with zero attached hydrogens (tertiary/aromatic N) is 3. The number of benzene rings is 1. The summed E-state index contributed by atoms with van der Waals surface area (Å²) in [6.07, 6.45) is 0.741. The van der Waals surface area contributed by atoms with Gasteiger partial charge in [-0.15, -0.1) is 0 Å². The lowest BCUT2D eigenvalue weighted by Gasteiger charge is -2.39. The molecule has 1 aromatic carbocycles. The highest BCUT2D eigenvalue weighted by Gasteiger charge is 2.33. The topological polar surface area (TPSA) is 53.5 Å². The monoisotopic (exact) mass is 363 g/mol. The number of piperazine rings is 1. The second kappa shape index (κ2) is 6.21. The molecule has 0 amide bonds. The third-order valence-corrected chi connectivity index (χ3v) is 7.03. The number of aromatic nitrogens is 1. The first kappa shape index (κ1) is 16.7. The number of hydrogen-bond acceptors (Lipinski definition) is 5. The number of para-hydroxylation sites is 1. The zero-order valence-corrected chi connectivity index (χ0v) is 15.1. The van der Waals surface area contributed by atoms with Gasteiger partial charge in [0.15, 0.2) is 9.84 Å². The van der Waals surface area contributed by atoms with E-state index in [1.165, 1.54) is 6.07 Å². The van der Waals surface area contributed by atoms with E-state index >= 15 is 0 Å². The van der Waals surface area contributed by atoms with Gasteiger partial charge in [0.1, 0.15) is 11.3 Å². The van der Waals surface area contributed by atoms with Crippen molar-refractivity contribution in [3.8, 4) is 0 Å². The molecule has 2 saturated heterocycles. The van der Waals surface area contributed by atoms with Crippen molar-refractivity contribution in [3.05, 3.63) is 35.8 Å². The molecular formula is C18H22FN3O2S. The van der Waals surface area contributed by atoms with Crippen molar-refractivity contribution in [2.45, 2.75) is 19.4 Å². The third kappa shape index (κ3) is 3.22. The van der Waals surface area contributed by atoms with Crippen LogP contribution in [-0.4, -0.2) is 62.0 Å². The van der Waals surface area contributed by atoms with Crippen molar-refractivity contribution in [1.82, 2.24) is 9.88 Å². The molecule has 2 aliphatic heterocycles. The highest BCUT2D eigenvalue weighted by atomic mass is 32.2. The van der Waals surface area contributed by atoms with Gasteiger partial charge in [0.05, 0.1) is 11.5 Å². The van der Waals surface area contributed by atoms with E-state index in [1.54, 1.807) is 6.07 Å². The molecule has 0 saturated carbocycles. The van der Waals surface area contributed by atoms with E-state index in [9.17, 15) is 12.8 Å². The Hall–Kier alpha value is -1.73. The minimum absolute atomic E-state index is 0.153. The molecule has 0 radical (unpaired) electrons. The molecule has 0 spiro atoms. The van der Waals surface area contributed by atoms with Crippen LogP contribution >= 0.6 is 0 Å². The number of hydrogen-bond donors (Lipinski definition) is 0. The fraction of sp³-hybridized carbons (Fsp3) is 0.500. The molecule has 25 heavy (non-hydrogen) atoms. The number of pyridine rings is 1. The van der Waals surface area contributed by atoms with E-state index in [4.69, 9.17) is 0 Å². The maximum Gasteiger partial charge on any atom is 0.151 e. The Bertz CT molecular complexity index is 908. The van der Waals surface area contributed by atoms with E-state index in [1.807, 2.05) is 19.1 Å². The predicted octanol–water partition coefficient (Wildman–Crippen LogP) is 1.99. The lowest BCUT2D eigenvalue weighted by Crippen LogP contribution is -2.50. The summed E-state index contributed by atoms with van der Waals surface area (Å²) in [7, 11) is -2.85. The fourth-order valence-electron chi connectivity index (χ4n) is 3.97. The van der Waals surface area contributed by atoms with E-state index in [0.717, 1.165) is 49.4 Å². The predicted molar refractivity (Wildman–Crippen MR) is 97.3 cm³/mol. The van der Waals surface area contributed by atoms with Crippen LogP contribution < -0.4 is 4.90 Å². The zero-order chi connectivity index (χ0) is 17.6. The average Bonchev–Trinajstić information content (AvgIpc) is 2.95. The third-order valence-electron chi connectivity index (χ3n) is 5.28. The largest absolute Gasteiger partial charge is 0.368 e. The number of sulfone groups is 1. The van der Waals surface area contributed by atoms with Crippen molar-refractivity contribution in [3.63, 3.8) is 0 Å². The molecular weight excluding hydrogens is 341 g/mol. The Kier molecular flexibility index (Phi) is 4.16. The van der Waals surface area contributed by atoms with Crippen molar-refractivity contribution in [2.24, 2.45) is 0 Å². The first-order valence-electron chi connectivity index (χ1n) is 8.68. The molecule has 3 heterocycles. The molecule has 1 atom stereocenters. The zero-order valence-electron chi connectivity index (χ0n) is 14.3. The number of anilines is 1. The van der Waals surface area contributed by atoms with Crippen molar-refractivity contribution in [1.29, 1.82) is 0 Å². The minimum Gasteiger partial charge on any atom is -0.368 e. The molecule has 0 N–H and O–H groups in total. The molecule has 4 rings (SSSR count). The van der Waals surface area contributed by atoms with E-state index in [0.29, 0.717) is 11.3 Å². The van der Waals surface area contributed by atoms with Crippen LogP contribution in [0.25, 0.3) is 10.9 Å². The molecule has 2 aromatic rings. The standard InChI is InChI=1S/C18H22FN3O2S/c1-13-11-17(15-3-2-4-16(19)18(15)20-13)22-8-6-21(7-9-22)14-5-10-25(23,24)12-14/h2-4,11,14H,5-10,12H2,1H3. The van der Waals surface area contributed by atoms with E-state index in [2.05, 4.69) is 14.8 Å². The lowest BCUT2D eigenvalue weighted by atomic mass is 10.1. The van der Waals surface area contributed by atoms with Gasteiger partial charge in [-0.05, 0) is 25.5 Å². The normalized spacial score (nSPS) is 24.1. The van der Waals surface area contributed by atoms with Gasteiger partial charge in [-0.1, -0.05) is 12.1 Å². The molecule has 7 heteroatoms. The van der Waals surface area contributed by atoms with Gasteiger partial charge in [0.25, 0.3) is 0 Å². The van der Waals surface area contributed by atoms with Gasteiger partial charge in [0, 0.05) is 49.0 Å². The number of halogens is 1. The molecule has 2 fully saturated rings. The van der Waals surface area contributed by atoms with E-state index in [-0.39, 0.29) is 17.6 Å². The summed E-state index contributed by atoms with van der Waals surface area (Å²) < 4.78 is 37.5. The second-order valence-corrected chi connectivity index (χ2v) is 9.23. The maximum atomic E-state index is 14.1. The Morgan fingerprint density at radius 3 is 2.64 bits per heavy atom. The fourth-order valence-corrected chi connectivity index (χ4v) is 5.73. The van der Waals surface area contributed by atoms with Crippen LogP contribution in [0.3, 0.4) is 0 Å². The first-order chi connectivity index (χ1) is 11.9. The quantitative estimate of drug-likeness (QED) is 0.817. The summed E-state index contributed by atoms with van der Waals surface area (Å²) in [5, 5.41) is 0.836. The first-order valence-corrected chi connectivity index (χ1v) is 10.5. The van der Waals surface area contributed by atoms with Gasteiger partial charge in [-0.2, -0.15) is 0 Å². The van der Waals surface area contributed by atoms with Crippen LogP contribution in [0.2, 0.25) is 0 Å². The molecule has 1 aromatic heterocycles. The Morgan fingerprint density at radius 1 is 1.20 bits per heavy atom. The summed E-state index contributed by atoms with van der Waals surface area (Å²) in [6, 6.07) is 7.24. The number of aryl methyl sites for hydroxylation is 1. The average molecular weight is 363 g/mol. The Morgan fingerprint density at radius 2 is 1.96 bits per heavy atom. The SMILES string of the molecule is Cc1cc(N2CCN(C3CCS(=O)(=O)C3)CC2)c2cccc(F)c2n1. The van der Waals surface area contributed by atoms with Crippen LogP contribution in [0.5, 0.6) is 0 Å². The van der Waals surface area contributed by atoms with Gasteiger partial charge in [-0.25, -0.2) is 17.8 Å². The molecule has 2 aliphatic rings. The van der Waals surface area contributed by atoms with Crippen LogP contribution in [0.1, 0.15) is 12.1 Å². The Labute approximate surface area is 147 Å². The molecule has 0 aliphatic carbocycles. The van der Waals surface area contributed by atoms with Crippen molar-refractivity contribution >= 4 is 26.4 Å². The molecule has 0 bridgehead atoms. The van der Waals surface area contributed by atoms with Gasteiger partial charge in [0.2, 0.25) is 0 Å². The minimum atomic E-state index is -2.85. The van der Waals surface area contributed by atoms with Crippen LogP contribution in [0.4, 0.5) is 10.1 Å². The summed E-state index contributed by atoms with van der Waals surface area (Å²) in [5.74, 6) is 0.304. The number of fused-ring (bicyclic) bond motifs is 1.